The molecule has 156 valence electrons. The van der Waals surface area contributed by atoms with Crippen molar-refractivity contribution in [3.63, 3.8) is 0 Å². The van der Waals surface area contributed by atoms with Gasteiger partial charge in [-0.05, 0) is 48.7 Å². The van der Waals surface area contributed by atoms with Gasteiger partial charge in [0.2, 0.25) is 0 Å². The van der Waals surface area contributed by atoms with Gasteiger partial charge >= 0.3 is 0 Å². The molecule has 2 bridgehead atoms. The van der Waals surface area contributed by atoms with E-state index in [1.807, 2.05) is 12.1 Å². The number of rotatable bonds is 4. The highest BCUT2D eigenvalue weighted by Gasteiger charge is 2.34. The molecule has 8 heteroatoms. The van der Waals surface area contributed by atoms with Crippen molar-refractivity contribution in [3.8, 4) is 11.6 Å². The van der Waals surface area contributed by atoms with Gasteiger partial charge in [-0.15, -0.1) is 0 Å². The van der Waals surface area contributed by atoms with Gasteiger partial charge in [-0.25, -0.2) is 9.37 Å². The maximum atomic E-state index is 13.0. The Morgan fingerprint density at radius 2 is 2.13 bits per heavy atom. The monoisotopic (exact) mass is 417 g/mol. The van der Waals surface area contributed by atoms with Gasteiger partial charge in [0, 0.05) is 41.8 Å². The standard InChI is InChI=1S/C23H20FN5O2/c24-13-1-2-15(25-11-13)12-31-16-7-8-29(21(30)10-16)20-6-4-17-22-18-5-3-14(26-18)9-19(22)27-23(17)28-20/h1-2,4,6-8,10-11,14,18,26H,3,5,9,12H2,(H,27,28). The molecular formula is C23H20FN5O2. The maximum Gasteiger partial charge on any atom is 0.259 e. The molecule has 1 fully saturated rings. The summed E-state index contributed by atoms with van der Waals surface area (Å²) in [5.41, 5.74) is 3.74. The number of aromatic amines is 1. The molecule has 2 N–H and O–H groups in total. The van der Waals surface area contributed by atoms with Crippen molar-refractivity contribution >= 4 is 11.0 Å². The lowest BCUT2D eigenvalue weighted by atomic mass is 10.00. The van der Waals surface area contributed by atoms with Crippen LogP contribution in [0, 0.1) is 5.82 Å². The second-order valence-corrected chi connectivity index (χ2v) is 8.11. The van der Waals surface area contributed by atoms with Crippen LogP contribution in [0.2, 0.25) is 0 Å². The zero-order chi connectivity index (χ0) is 20.9. The maximum absolute atomic E-state index is 13.0. The van der Waals surface area contributed by atoms with Crippen molar-refractivity contribution in [2.24, 2.45) is 0 Å². The third-order valence-corrected chi connectivity index (χ3v) is 6.12. The quantitative estimate of drug-likeness (QED) is 0.533. The molecule has 2 aliphatic rings. The van der Waals surface area contributed by atoms with Gasteiger partial charge in [-0.3, -0.25) is 14.3 Å². The van der Waals surface area contributed by atoms with Gasteiger partial charge in [-0.2, -0.15) is 0 Å². The fraction of sp³-hybridized carbons (Fsp3) is 0.261. The minimum Gasteiger partial charge on any atom is -0.487 e. The number of nitrogens with zero attached hydrogens (tertiary/aromatic N) is 3. The first-order valence-electron chi connectivity index (χ1n) is 10.4. The van der Waals surface area contributed by atoms with Gasteiger partial charge in [0.15, 0.2) is 0 Å². The normalized spacial score (nSPS) is 19.5. The average molecular weight is 417 g/mol. The lowest BCUT2D eigenvalue weighted by Gasteiger charge is -2.21. The molecule has 2 unspecified atom stereocenters. The zero-order valence-electron chi connectivity index (χ0n) is 16.6. The van der Waals surface area contributed by atoms with E-state index < -0.39 is 5.82 Å². The first-order chi connectivity index (χ1) is 15.1. The Morgan fingerprint density at radius 3 is 2.97 bits per heavy atom. The lowest BCUT2D eigenvalue weighted by molar-refractivity contribution is 0.300. The van der Waals surface area contributed by atoms with Crippen LogP contribution in [0.3, 0.4) is 0 Å². The SMILES string of the molecule is O=c1cc(OCc2ccc(F)cn2)ccn1-c1ccc2c3c([nH]c2n1)CC1CCC3N1. The second kappa shape index (κ2) is 7.02. The zero-order valence-corrected chi connectivity index (χ0v) is 16.6. The molecule has 4 aromatic rings. The summed E-state index contributed by atoms with van der Waals surface area (Å²) in [6.45, 7) is 0.151. The molecule has 6 rings (SSSR count). The molecule has 31 heavy (non-hydrogen) atoms. The van der Waals surface area contributed by atoms with Gasteiger partial charge in [0.05, 0.1) is 11.9 Å². The summed E-state index contributed by atoms with van der Waals surface area (Å²) < 4.78 is 20.1. The molecule has 4 aromatic heterocycles. The molecule has 1 saturated heterocycles. The predicted molar refractivity (Wildman–Crippen MR) is 113 cm³/mol. The minimum atomic E-state index is -0.400. The van der Waals surface area contributed by atoms with E-state index in [0.717, 1.165) is 30.1 Å². The fourth-order valence-electron chi connectivity index (χ4n) is 4.67. The summed E-state index contributed by atoms with van der Waals surface area (Å²) in [4.78, 5) is 24.8. The highest BCUT2D eigenvalue weighted by molar-refractivity contribution is 5.83. The van der Waals surface area contributed by atoms with Crippen LogP contribution in [0.1, 0.15) is 35.8 Å². The van der Waals surface area contributed by atoms with Gasteiger partial charge < -0.3 is 15.0 Å². The molecule has 0 spiro atoms. The molecule has 2 atom stereocenters. The molecule has 0 aromatic carbocycles. The highest BCUT2D eigenvalue weighted by Crippen LogP contribution is 2.39. The van der Waals surface area contributed by atoms with Crippen molar-refractivity contribution < 1.29 is 9.13 Å². The van der Waals surface area contributed by atoms with E-state index in [1.165, 1.54) is 34.4 Å². The topological polar surface area (TPSA) is 84.8 Å². The number of fused-ring (bicyclic) bond motifs is 6. The number of hydrogen-bond acceptors (Lipinski definition) is 5. The Kier molecular flexibility index (Phi) is 4.14. The second-order valence-electron chi connectivity index (χ2n) is 8.11. The van der Waals surface area contributed by atoms with E-state index in [4.69, 9.17) is 9.72 Å². The number of hydrogen-bond donors (Lipinski definition) is 2. The van der Waals surface area contributed by atoms with E-state index in [2.05, 4.69) is 15.3 Å². The predicted octanol–water partition coefficient (Wildman–Crippen LogP) is 3.18. The van der Waals surface area contributed by atoms with Crippen molar-refractivity contribution in [2.45, 2.75) is 38.0 Å². The van der Waals surface area contributed by atoms with Crippen molar-refractivity contribution in [1.82, 2.24) is 24.8 Å². The Morgan fingerprint density at radius 1 is 1.19 bits per heavy atom. The summed E-state index contributed by atoms with van der Waals surface area (Å²) >= 11 is 0. The van der Waals surface area contributed by atoms with Gasteiger partial charge in [-0.1, -0.05) is 0 Å². The van der Waals surface area contributed by atoms with E-state index in [0.29, 0.717) is 29.3 Å². The van der Waals surface area contributed by atoms with E-state index in [1.54, 1.807) is 18.3 Å². The van der Waals surface area contributed by atoms with Gasteiger partial charge in [0.25, 0.3) is 5.56 Å². The van der Waals surface area contributed by atoms with E-state index in [-0.39, 0.29) is 12.2 Å². The molecule has 0 aliphatic carbocycles. The minimum absolute atomic E-state index is 0.151. The molecular weight excluding hydrogens is 397 g/mol. The van der Waals surface area contributed by atoms with Crippen LogP contribution >= 0.6 is 0 Å². The van der Waals surface area contributed by atoms with Crippen LogP contribution in [-0.4, -0.2) is 25.6 Å². The third kappa shape index (κ3) is 3.19. The van der Waals surface area contributed by atoms with Crippen LogP contribution in [0.5, 0.6) is 5.75 Å². The molecule has 6 heterocycles. The third-order valence-electron chi connectivity index (χ3n) is 6.12. The molecule has 2 aliphatic heterocycles. The Labute approximate surface area is 176 Å². The first-order valence-corrected chi connectivity index (χ1v) is 10.4. The average Bonchev–Trinajstić information content (AvgIpc) is 3.34. The van der Waals surface area contributed by atoms with Crippen LogP contribution in [0.4, 0.5) is 4.39 Å². The largest absolute Gasteiger partial charge is 0.487 e. The summed E-state index contributed by atoms with van der Waals surface area (Å²) in [5.74, 6) is 0.578. The van der Waals surface area contributed by atoms with Crippen LogP contribution in [0.25, 0.3) is 16.9 Å². The number of nitrogens with one attached hydrogen (secondary N) is 2. The Balaban J connectivity index is 1.27. The number of ether oxygens (including phenoxy) is 1. The van der Waals surface area contributed by atoms with E-state index in [9.17, 15) is 9.18 Å². The van der Waals surface area contributed by atoms with Gasteiger partial charge in [0.1, 0.15) is 29.6 Å². The Bertz CT molecular complexity index is 1340. The summed E-state index contributed by atoms with van der Waals surface area (Å²) in [6, 6.07) is 10.9. The lowest BCUT2D eigenvalue weighted by Crippen LogP contribution is -2.31. The van der Waals surface area contributed by atoms with Crippen molar-refractivity contribution in [1.29, 1.82) is 0 Å². The van der Waals surface area contributed by atoms with Crippen LogP contribution in [0.15, 0.2) is 53.6 Å². The Hall–Kier alpha value is -3.52. The smallest absolute Gasteiger partial charge is 0.259 e. The fourth-order valence-corrected chi connectivity index (χ4v) is 4.67. The highest BCUT2D eigenvalue weighted by atomic mass is 19.1. The summed E-state index contributed by atoms with van der Waals surface area (Å²) in [7, 11) is 0. The van der Waals surface area contributed by atoms with Crippen LogP contribution < -0.4 is 15.6 Å². The molecule has 0 radical (unpaired) electrons. The number of H-pyrrole nitrogens is 1. The summed E-state index contributed by atoms with van der Waals surface area (Å²) in [5, 5.41) is 4.79. The van der Waals surface area contributed by atoms with Crippen molar-refractivity contribution in [3.05, 3.63) is 81.9 Å². The number of pyridine rings is 3. The van der Waals surface area contributed by atoms with E-state index >= 15 is 0 Å². The van der Waals surface area contributed by atoms with Crippen LogP contribution in [-0.2, 0) is 13.0 Å². The first kappa shape index (κ1) is 18.3. The molecule has 0 amide bonds. The van der Waals surface area contributed by atoms with Crippen molar-refractivity contribution in [2.75, 3.05) is 0 Å². The number of halogens is 1. The summed E-state index contributed by atoms with van der Waals surface area (Å²) in [6.07, 6.45) is 6.14. The molecule has 0 saturated carbocycles. The number of aromatic nitrogens is 4. The molecule has 7 nitrogen and oxygen atoms in total.